The van der Waals surface area contributed by atoms with E-state index in [9.17, 15) is 9.90 Å². The highest BCUT2D eigenvalue weighted by Crippen LogP contribution is 2.27. The number of fused-ring (bicyclic) bond motifs is 1. The van der Waals surface area contributed by atoms with Crippen LogP contribution in [0.4, 0.5) is 0 Å². The molecule has 0 radical (unpaired) electrons. The smallest absolute Gasteiger partial charge is 0.251 e. The van der Waals surface area contributed by atoms with Crippen molar-refractivity contribution < 1.29 is 9.90 Å². The number of aryl methyl sites for hydroxylation is 2. The Bertz CT molecular complexity index is 1090. The van der Waals surface area contributed by atoms with E-state index in [2.05, 4.69) is 41.5 Å². The van der Waals surface area contributed by atoms with Crippen LogP contribution >= 0.6 is 0 Å². The fourth-order valence-electron chi connectivity index (χ4n) is 4.80. The molecule has 4 heteroatoms. The standard InChI is InChI=1S/C29H34N2O2/c1-21-18-24(22-8-4-3-5-9-22)12-15-28(21)29(33)30-16-6-7-17-31(2)26-13-10-23-11-14-27(32)20-25(23)19-26/h3-5,8-9,11-12,14-15,18,20,26,32H,6-7,10,13,16-17,19H2,1-2H3,(H,30,33)/t26-/m1/s1. The van der Waals surface area contributed by atoms with Gasteiger partial charge in [-0.15, -0.1) is 0 Å². The molecule has 0 heterocycles. The van der Waals surface area contributed by atoms with Crippen molar-refractivity contribution in [2.75, 3.05) is 20.1 Å². The number of nitrogens with one attached hydrogen (secondary N) is 1. The summed E-state index contributed by atoms with van der Waals surface area (Å²) < 4.78 is 0. The van der Waals surface area contributed by atoms with Gasteiger partial charge in [0.25, 0.3) is 5.91 Å². The van der Waals surface area contributed by atoms with E-state index in [1.165, 1.54) is 11.1 Å². The number of phenolic OH excluding ortho intramolecular Hbond substituents is 1. The number of carbonyl (C=O) groups is 1. The fraction of sp³-hybridized carbons (Fsp3) is 0.345. The zero-order valence-electron chi connectivity index (χ0n) is 19.7. The number of phenols is 1. The maximum atomic E-state index is 12.7. The van der Waals surface area contributed by atoms with Crippen LogP contribution in [0.25, 0.3) is 11.1 Å². The summed E-state index contributed by atoms with van der Waals surface area (Å²) >= 11 is 0. The van der Waals surface area contributed by atoms with Crippen molar-refractivity contribution in [2.24, 2.45) is 0 Å². The Morgan fingerprint density at radius 1 is 1.00 bits per heavy atom. The van der Waals surface area contributed by atoms with Gasteiger partial charge in [-0.2, -0.15) is 0 Å². The summed E-state index contributed by atoms with van der Waals surface area (Å²) in [7, 11) is 2.19. The van der Waals surface area contributed by atoms with E-state index in [-0.39, 0.29) is 5.91 Å². The highest BCUT2D eigenvalue weighted by molar-refractivity contribution is 5.96. The van der Waals surface area contributed by atoms with Crippen molar-refractivity contribution in [3.63, 3.8) is 0 Å². The minimum absolute atomic E-state index is 0.00385. The molecule has 33 heavy (non-hydrogen) atoms. The van der Waals surface area contributed by atoms with E-state index in [0.29, 0.717) is 18.3 Å². The second kappa shape index (κ2) is 10.7. The molecule has 1 atom stereocenters. The van der Waals surface area contributed by atoms with Crippen molar-refractivity contribution in [2.45, 2.75) is 45.1 Å². The van der Waals surface area contributed by atoms with Gasteiger partial charge in [-0.1, -0.05) is 48.5 Å². The number of hydrogen-bond donors (Lipinski definition) is 2. The lowest BCUT2D eigenvalue weighted by atomic mass is 9.87. The summed E-state index contributed by atoms with van der Waals surface area (Å²) in [5, 5.41) is 12.9. The van der Waals surface area contributed by atoms with Gasteiger partial charge in [-0.05, 0) is 98.6 Å². The third-order valence-corrected chi connectivity index (χ3v) is 6.82. The van der Waals surface area contributed by atoms with Crippen molar-refractivity contribution >= 4 is 5.91 Å². The van der Waals surface area contributed by atoms with Gasteiger partial charge in [0.05, 0.1) is 0 Å². The Morgan fingerprint density at radius 2 is 1.82 bits per heavy atom. The number of amides is 1. The predicted octanol–water partition coefficient (Wildman–Crippen LogP) is 5.37. The van der Waals surface area contributed by atoms with E-state index in [4.69, 9.17) is 0 Å². The monoisotopic (exact) mass is 442 g/mol. The maximum Gasteiger partial charge on any atom is 0.251 e. The quantitative estimate of drug-likeness (QED) is 0.461. The average Bonchev–Trinajstić information content (AvgIpc) is 2.83. The first-order valence-corrected chi connectivity index (χ1v) is 12.0. The molecule has 0 aliphatic heterocycles. The SMILES string of the molecule is Cc1cc(-c2ccccc2)ccc1C(=O)NCCCCN(C)[C@@H]1CCc2ccc(O)cc2C1. The topological polar surface area (TPSA) is 52.6 Å². The van der Waals surface area contributed by atoms with Crippen molar-refractivity contribution in [3.8, 4) is 16.9 Å². The van der Waals surface area contributed by atoms with Gasteiger partial charge in [0.15, 0.2) is 0 Å². The van der Waals surface area contributed by atoms with Crippen LogP contribution in [-0.4, -0.2) is 42.1 Å². The maximum absolute atomic E-state index is 12.7. The predicted molar refractivity (Wildman–Crippen MR) is 135 cm³/mol. The first-order valence-electron chi connectivity index (χ1n) is 12.0. The summed E-state index contributed by atoms with van der Waals surface area (Å²) in [6, 6.07) is 22.5. The number of aromatic hydroxyl groups is 1. The average molecular weight is 443 g/mol. The van der Waals surface area contributed by atoms with Crippen LogP contribution in [0, 0.1) is 6.92 Å². The molecule has 0 unspecified atom stereocenters. The molecule has 4 nitrogen and oxygen atoms in total. The summed E-state index contributed by atoms with van der Waals surface area (Å²) in [6.45, 7) is 3.70. The molecule has 3 aromatic carbocycles. The lowest BCUT2D eigenvalue weighted by molar-refractivity contribution is 0.0951. The van der Waals surface area contributed by atoms with Crippen LogP contribution in [0.2, 0.25) is 0 Å². The lowest BCUT2D eigenvalue weighted by Crippen LogP contribution is -2.37. The van der Waals surface area contributed by atoms with Gasteiger partial charge in [-0.3, -0.25) is 4.79 Å². The zero-order chi connectivity index (χ0) is 23.2. The number of nitrogens with zero attached hydrogens (tertiary/aromatic N) is 1. The zero-order valence-corrected chi connectivity index (χ0v) is 19.7. The number of unbranched alkanes of at least 4 members (excludes halogenated alkanes) is 1. The molecule has 0 saturated carbocycles. The summed E-state index contributed by atoms with van der Waals surface area (Å²) in [5.74, 6) is 0.363. The Morgan fingerprint density at radius 3 is 2.61 bits per heavy atom. The Hall–Kier alpha value is -3.11. The molecule has 0 fully saturated rings. The van der Waals surface area contributed by atoms with E-state index < -0.39 is 0 Å². The van der Waals surface area contributed by atoms with Gasteiger partial charge in [0.2, 0.25) is 0 Å². The summed E-state index contributed by atoms with van der Waals surface area (Å²) in [5.41, 5.74) is 6.68. The number of likely N-dealkylation sites (N-methyl/N-ethyl adjacent to an activating group) is 1. The molecular formula is C29H34N2O2. The number of benzene rings is 3. The Balaban J connectivity index is 1.20. The van der Waals surface area contributed by atoms with Gasteiger partial charge < -0.3 is 15.3 Å². The third kappa shape index (κ3) is 5.82. The molecule has 4 rings (SSSR count). The Labute approximate surface area is 197 Å². The second-order valence-electron chi connectivity index (χ2n) is 9.19. The van der Waals surface area contributed by atoms with Crippen LogP contribution < -0.4 is 5.32 Å². The fourth-order valence-corrected chi connectivity index (χ4v) is 4.80. The molecular weight excluding hydrogens is 408 g/mol. The van der Waals surface area contributed by atoms with Gasteiger partial charge in [0.1, 0.15) is 5.75 Å². The van der Waals surface area contributed by atoms with Gasteiger partial charge in [0, 0.05) is 18.2 Å². The van der Waals surface area contributed by atoms with Crippen LogP contribution in [-0.2, 0) is 12.8 Å². The molecule has 0 spiro atoms. The third-order valence-electron chi connectivity index (χ3n) is 6.82. The van der Waals surface area contributed by atoms with Crippen molar-refractivity contribution in [1.29, 1.82) is 0 Å². The van der Waals surface area contributed by atoms with E-state index in [1.807, 2.05) is 43.3 Å². The molecule has 0 aromatic heterocycles. The van der Waals surface area contributed by atoms with Crippen LogP contribution in [0.1, 0.15) is 46.3 Å². The van der Waals surface area contributed by atoms with Crippen molar-refractivity contribution in [3.05, 3.63) is 89.0 Å². The molecule has 2 N–H and O–H groups in total. The van der Waals surface area contributed by atoms with E-state index in [0.717, 1.165) is 60.9 Å². The normalized spacial score (nSPS) is 15.3. The lowest BCUT2D eigenvalue weighted by Gasteiger charge is -2.32. The second-order valence-corrected chi connectivity index (χ2v) is 9.19. The van der Waals surface area contributed by atoms with E-state index in [1.54, 1.807) is 6.07 Å². The molecule has 1 amide bonds. The summed E-state index contributed by atoms with van der Waals surface area (Å²) in [6.07, 6.45) is 5.23. The van der Waals surface area contributed by atoms with Gasteiger partial charge in [-0.25, -0.2) is 0 Å². The highest BCUT2D eigenvalue weighted by atomic mass is 16.3. The van der Waals surface area contributed by atoms with E-state index >= 15 is 0 Å². The van der Waals surface area contributed by atoms with Crippen LogP contribution in [0.15, 0.2) is 66.7 Å². The Kier molecular flexibility index (Phi) is 7.46. The molecule has 1 aliphatic rings. The largest absolute Gasteiger partial charge is 0.508 e. The van der Waals surface area contributed by atoms with Crippen LogP contribution in [0.5, 0.6) is 5.75 Å². The van der Waals surface area contributed by atoms with Crippen molar-refractivity contribution in [1.82, 2.24) is 10.2 Å². The molecule has 0 bridgehead atoms. The number of hydrogen-bond acceptors (Lipinski definition) is 3. The van der Waals surface area contributed by atoms with Crippen LogP contribution in [0.3, 0.4) is 0 Å². The highest BCUT2D eigenvalue weighted by Gasteiger charge is 2.22. The molecule has 0 saturated heterocycles. The number of rotatable bonds is 8. The first kappa shape index (κ1) is 23.1. The molecule has 3 aromatic rings. The summed E-state index contributed by atoms with van der Waals surface area (Å²) in [4.78, 5) is 15.1. The minimum Gasteiger partial charge on any atom is -0.508 e. The van der Waals surface area contributed by atoms with Gasteiger partial charge >= 0.3 is 0 Å². The molecule has 172 valence electrons. The first-order chi connectivity index (χ1) is 16.0. The number of carbonyl (C=O) groups excluding carboxylic acids is 1. The molecule has 1 aliphatic carbocycles. The minimum atomic E-state index is 0.00385.